The number of carbonyl (C=O) groups is 1. The molecule has 4 rings (SSSR count). The van der Waals surface area contributed by atoms with E-state index in [1.807, 2.05) is 84.9 Å². The molecule has 3 aromatic carbocycles. The third kappa shape index (κ3) is 3.19. The normalized spacial score (nSPS) is 10.7. The summed E-state index contributed by atoms with van der Waals surface area (Å²) in [7, 11) is 0. The third-order valence-corrected chi connectivity index (χ3v) is 5.27. The van der Waals surface area contributed by atoms with Crippen LogP contribution in [0.15, 0.2) is 84.9 Å². The summed E-state index contributed by atoms with van der Waals surface area (Å²) in [6.45, 7) is 0.276. The molecule has 2 nitrogen and oxygen atoms in total. The lowest BCUT2D eigenvalue weighted by Gasteiger charge is -2.07. The van der Waals surface area contributed by atoms with E-state index in [2.05, 4.69) is 0 Å². The number of fused-ring (bicyclic) bond motifs is 1. The second-order valence-electron chi connectivity index (χ2n) is 5.73. The number of carbonyl (C=O) groups excluding carboxylic acids is 1. The average Bonchev–Trinajstić information content (AvgIpc) is 3.07. The summed E-state index contributed by atoms with van der Waals surface area (Å²) in [5.74, 6) is -0.278. The van der Waals surface area contributed by atoms with E-state index in [1.165, 1.54) is 0 Å². The lowest BCUT2D eigenvalue weighted by atomic mass is 10.1. The Hall–Kier alpha value is -2.91. The van der Waals surface area contributed by atoms with Gasteiger partial charge in [-0.3, -0.25) is 0 Å². The summed E-state index contributed by atoms with van der Waals surface area (Å²) in [5, 5.41) is 0.949. The predicted molar refractivity (Wildman–Crippen MR) is 103 cm³/mol. The van der Waals surface area contributed by atoms with Crippen molar-refractivity contribution in [3.05, 3.63) is 96.1 Å². The smallest absolute Gasteiger partial charge is 0.340 e. The zero-order valence-corrected chi connectivity index (χ0v) is 14.3. The molecule has 1 heterocycles. The van der Waals surface area contributed by atoms with E-state index in [1.54, 1.807) is 11.3 Å². The maximum Gasteiger partial charge on any atom is 0.340 e. The summed E-state index contributed by atoms with van der Waals surface area (Å²) in [5.41, 5.74) is 2.68. The van der Waals surface area contributed by atoms with Gasteiger partial charge in [0.05, 0.1) is 10.4 Å². The van der Waals surface area contributed by atoms with Crippen LogP contribution in [-0.4, -0.2) is 5.97 Å². The number of ether oxygens (including phenoxy) is 1. The van der Waals surface area contributed by atoms with Crippen LogP contribution in [0.1, 0.15) is 15.9 Å². The lowest BCUT2D eigenvalue weighted by Crippen LogP contribution is -2.05. The molecule has 0 saturated heterocycles. The highest BCUT2D eigenvalue weighted by molar-refractivity contribution is 7.22. The Balaban J connectivity index is 1.73. The van der Waals surface area contributed by atoms with E-state index in [0.717, 1.165) is 26.1 Å². The van der Waals surface area contributed by atoms with Gasteiger partial charge in [0.1, 0.15) is 6.61 Å². The van der Waals surface area contributed by atoms with Crippen LogP contribution < -0.4 is 0 Å². The molecule has 0 amide bonds. The Kier molecular flexibility index (Phi) is 4.32. The van der Waals surface area contributed by atoms with Gasteiger partial charge in [-0.15, -0.1) is 11.3 Å². The van der Waals surface area contributed by atoms with Crippen molar-refractivity contribution in [1.29, 1.82) is 0 Å². The topological polar surface area (TPSA) is 26.3 Å². The molecule has 0 atom stereocenters. The van der Waals surface area contributed by atoms with Gasteiger partial charge in [0, 0.05) is 10.1 Å². The number of thiophene rings is 1. The predicted octanol–water partition coefficient (Wildman–Crippen LogP) is 5.93. The van der Waals surface area contributed by atoms with E-state index in [9.17, 15) is 4.79 Å². The molecule has 1 aromatic heterocycles. The van der Waals surface area contributed by atoms with Gasteiger partial charge in [0.25, 0.3) is 0 Å². The van der Waals surface area contributed by atoms with Gasteiger partial charge in [0.2, 0.25) is 0 Å². The zero-order valence-electron chi connectivity index (χ0n) is 13.5. The summed E-state index contributed by atoms with van der Waals surface area (Å²) in [6, 6.07) is 27.7. The molecule has 0 bridgehead atoms. The molecule has 0 spiro atoms. The molecule has 0 aliphatic rings. The minimum Gasteiger partial charge on any atom is -0.457 e. The molecular weight excluding hydrogens is 328 g/mol. The highest BCUT2D eigenvalue weighted by Gasteiger charge is 2.21. The standard InChI is InChI=1S/C22H16O2S/c23-22(24-15-16-9-3-1-4-10-16)20-18-13-7-8-14-19(18)25-21(20)17-11-5-2-6-12-17/h1-14H,15H2. The molecule has 0 radical (unpaired) electrons. The summed E-state index contributed by atoms with van der Waals surface area (Å²) in [4.78, 5) is 13.8. The number of esters is 1. The van der Waals surface area contributed by atoms with Gasteiger partial charge in [-0.2, -0.15) is 0 Å². The van der Waals surface area contributed by atoms with Crippen LogP contribution in [0, 0.1) is 0 Å². The van der Waals surface area contributed by atoms with E-state index < -0.39 is 0 Å². The van der Waals surface area contributed by atoms with Crippen LogP contribution in [0.4, 0.5) is 0 Å². The van der Waals surface area contributed by atoms with E-state index in [0.29, 0.717) is 5.56 Å². The van der Waals surface area contributed by atoms with E-state index >= 15 is 0 Å². The van der Waals surface area contributed by atoms with Crippen molar-refractivity contribution >= 4 is 27.4 Å². The molecule has 0 aliphatic carbocycles. The van der Waals surface area contributed by atoms with Crippen molar-refractivity contribution in [2.45, 2.75) is 6.61 Å². The summed E-state index contributed by atoms with van der Waals surface area (Å²) in [6.07, 6.45) is 0. The Labute approximate surface area is 150 Å². The number of rotatable bonds is 4. The van der Waals surface area contributed by atoms with Crippen molar-refractivity contribution in [3.63, 3.8) is 0 Å². The first-order valence-electron chi connectivity index (χ1n) is 8.11. The van der Waals surface area contributed by atoms with Crippen molar-refractivity contribution < 1.29 is 9.53 Å². The van der Waals surface area contributed by atoms with Crippen molar-refractivity contribution in [2.75, 3.05) is 0 Å². The van der Waals surface area contributed by atoms with Gasteiger partial charge < -0.3 is 4.74 Å². The van der Waals surface area contributed by atoms with Crippen molar-refractivity contribution in [2.24, 2.45) is 0 Å². The Morgan fingerprint density at radius 3 is 2.20 bits per heavy atom. The molecule has 0 unspecified atom stereocenters. The SMILES string of the molecule is O=C(OCc1ccccc1)c1c(-c2ccccc2)sc2ccccc12. The van der Waals surface area contributed by atoms with Gasteiger partial charge >= 0.3 is 5.97 Å². The van der Waals surface area contributed by atoms with Gasteiger partial charge in [-0.25, -0.2) is 4.79 Å². The molecule has 3 heteroatoms. The Bertz CT molecular complexity index is 1000. The monoisotopic (exact) mass is 344 g/mol. The van der Waals surface area contributed by atoms with Crippen LogP contribution in [-0.2, 0) is 11.3 Å². The lowest BCUT2D eigenvalue weighted by molar-refractivity contribution is 0.0476. The van der Waals surface area contributed by atoms with Gasteiger partial charge in [0.15, 0.2) is 0 Å². The van der Waals surface area contributed by atoms with Crippen LogP contribution in [0.5, 0.6) is 0 Å². The maximum absolute atomic E-state index is 12.9. The van der Waals surface area contributed by atoms with Crippen molar-refractivity contribution in [3.8, 4) is 10.4 Å². The molecule has 4 aromatic rings. The largest absolute Gasteiger partial charge is 0.457 e. The first kappa shape index (κ1) is 15.6. The van der Waals surface area contributed by atoms with Crippen LogP contribution in [0.2, 0.25) is 0 Å². The van der Waals surface area contributed by atoms with Gasteiger partial charge in [-0.1, -0.05) is 78.9 Å². The molecule has 0 aliphatic heterocycles. The van der Waals surface area contributed by atoms with Crippen LogP contribution in [0.3, 0.4) is 0 Å². The van der Waals surface area contributed by atoms with Crippen molar-refractivity contribution in [1.82, 2.24) is 0 Å². The fraction of sp³-hybridized carbons (Fsp3) is 0.0455. The number of benzene rings is 3. The fourth-order valence-electron chi connectivity index (χ4n) is 2.84. The summed E-state index contributed by atoms with van der Waals surface area (Å²) < 4.78 is 6.70. The van der Waals surface area contributed by atoms with E-state index in [-0.39, 0.29) is 12.6 Å². The summed E-state index contributed by atoms with van der Waals surface area (Å²) >= 11 is 1.63. The molecule has 0 saturated carbocycles. The number of hydrogen-bond acceptors (Lipinski definition) is 3. The van der Waals surface area contributed by atoms with Crippen LogP contribution >= 0.6 is 11.3 Å². The molecule has 0 fully saturated rings. The van der Waals surface area contributed by atoms with E-state index in [4.69, 9.17) is 4.74 Å². The minimum atomic E-state index is -0.278. The molecular formula is C22H16O2S. The molecule has 122 valence electrons. The highest BCUT2D eigenvalue weighted by atomic mass is 32.1. The first-order chi connectivity index (χ1) is 12.3. The second kappa shape index (κ2) is 6.91. The van der Waals surface area contributed by atoms with Gasteiger partial charge in [-0.05, 0) is 17.2 Å². The first-order valence-corrected chi connectivity index (χ1v) is 8.92. The maximum atomic E-state index is 12.9. The Morgan fingerprint density at radius 1 is 0.800 bits per heavy atom. The minimum absolute atomic E-state index is 0.276. The number of hydrogen-bond donors (Lipinski definition) is 0. The fourth-order valence-corrected chi connectivity index (χ4v) is 4.03. The van der Waals surface area contributed by atoms with Crippen LogP contribution in [0.25, 0.3) is 20.5 Å². The Morgan fingerprint density at radius 2 is 1.44 bits per heavy atom. The molecule has 25 heavy (non-hydrogen) atoms. The quantitative estimate of drug-likeness (QED) is 0.429. The third-order valence-electron chi connectivity index (χ3n) is 4.05. The molecule has 0 N–H and O–H groups in total. The zero-order chi connectivity index (χ0) is 17.1. The highest BCUT2D eigenvalue weighted by Crippen LogP contribution is 2.39. The second-order valence-corrected chi connectivity index (χ2v) is 6.78. The average molecular weight is 344 g/mol.